The van der Waals surface area contributed by atoms with E-state index in [-0.39, 0.29) is 0 Å². The van der Waals surface area contributed by atoms with Crippen LogP contribution in [0.15, 0.2) is 54.6 Å². The zero-order valence-corrected chi connectivity index (χ0v) is 15.3. The third kappa shape index (κ3) is 3.02. The first-order valence-corrected chi connectivity index (χ1v) is 8.21. The zero-order chi connectivity index (χ0) is 18.7. The van der Waals surface area contributed by atoms with Crippen LogP contribution in [0.1, 0.15) is 12.5 Å². The Morgan fingerprint density at radius 3 is 2.35 bits per heavy atom. The minimum atomic E-state index is -1.30. The molecule has 5 heteroatoms. The molecule has 0 bridgehead atoms. The minimum absolute atomic E-state index is 0.324. The van der Waals surface area contributed by atoms with Crippen molar-refractivity contribution in [2.24, 2.45) is 0 Å². The second-order valence-corrected chi connectivity index (χ2v) is 6.04. The SMILES string of the molecule is COC(=O)C(C)(OC)c1ccc(-c2ccc3ccccc3c2)nc1OC. The van der Waals surface area contributed by atoms with Crippen LogP contribution in [0.4, 0.5) is 0 Å². The molecule has 3 rings (SSSR count). The number of hydrogen-bond acceptors (Lipinski definition) is 5. The molecule has 1 aromatic heterocycles. The number of carbonyl (C=O) groups excluding carboxylic acids is 1. The van der Waals surface area contributed by atoms with Gasteiger partial charge in [0.25, 0.3) is 0 Å². The van der Waals surface area contributed by atoms with E-state index in [4.69, 9.17) is 14.2 Å². The van der Waals surface area contributed by atoms with Crippen LogP contribution in [-0.2, 0) is 19.9 Å². The van der Waals surface area contributed by atoms with Gasteiger partial charge in [-0.2, -0.15) is 0 Å². The van der Waals surface area contributed by atoms with Crippen molar-refractivity contribution in [3.63, 3.8) is 0 Å². The predicted molar refractivity (Wildman–Crippen MR) is 100 cm³/mol. The fourth-order valence-electron chi connectivity index (χ4n) is 2.97. The molecule has 3 aromatic rings. The fourth-order valence-corrected chi connectivity index (χ4v) is 2.97. The maximum atomic E-state index is 12.2. The molecule has 5 nitrogen and oxygen atoms in total. The number of nitrogens with zero attached hydrogens (tertiary/aromatic N) is 1. The Morgan fingerprint density at radius 2 is 1.69 bits per heavy atom. The molecule has 0 amide bonds. The van der Waals surface area contributed by atoms with Gasteiger partial charge in [0.05, 0.1) is 25.5 Å². The van der Waals surface area contributed by atoms with Gasteiger partial charge in [0.15, 0.2) is 5.60 Å². The van der Waals surface area contributed by atoms with Crippen LogP contribution < -0.4 is 4.74 Å². The molecule has 0 saturated heterocycles. The van der Waals surface area contributed by atoms with Gasteiger partial charge in [-0.25, -0.2) is 9.78 Å². The third-order valence-corrected chi connectivity index (χ3v) is 4.60. The third-order valence-electron chi connectivity index (χ3n) is 4.60. The van der Waals surface area contributed by atoms with E-state index >= 15 is 0 Å². The fraction of sp³-hybridized carbons (Fsp3) is 0.238. The lowest BCUT2D eigenvalue weighted by atomic mass is 9.95. The molecule has 2 aromatic carbocycles. The summed E-state index contributed by atoms with van der Waals surface area (Å²) in [5.41, 5.74) is 0.930. The highest BCUT2D eigenvalue weighted by atomic mass is 16.6. The first kappa shape index (κ1) is 17.9. The van der Waals surface area contributed by atoms with Crippen molar-refractivity contribution in [2.45, 2.75) is 12.5 Å². The highest BCUT2D eigenvalue weighted by molar-refractivity contribution is 5.87. The molecular weight excluding hydrogens is 330 g/mol. The van der Waals surface area contributed by atoms with Crippen LogP contribution in [0.5, 0.6) is 5.88 Å². The molecule has 0 spiro atoms. The molecule has 134 valence electrons. The lowest BCUT2D eigenvalue weighted by Crippen LogP contribution is -2.36. The second-order valence-electron chi connectivity index (χ2n) is 6.04. The molecule has 1 unspecified atom stereocenters. The molecule has 0 aliphatic carbocycles. The Balaban J connectivity index is 2.09. The van der Waals surface area contributed by atoms with Gasteiger partial charge in [0.2, 0.25) is 5.88 Å². The number of ether oxygens (including phenoxy) is 3. The van der Waals surface area contributed by atoms with E-state index in [1.165, 1.54) is 21.3 Å². The topological polar surface area (TPSA) is 57.7 Å². The summed E-state index contributed by atoms with van der Waals surface area (Å²) in [6.07, 6.45) is 0. The molecule has 0 N–H and O–H groups in total. The maximum absolute atomic E-state index is 12.2. The van der Waals surface area contributed by atoms with E-state index in [1.807, 2.05) is 24.3 Å². The molecule has 0 aliphatic rings. The summed E-state index contributed by atoms with van der Waals surface area (Å²) < 4.78 is 15.7. The number of fused-ring (bicyclic) bond motifs is 1. The largest absolute Gasteiger partial charge is 0.481 e. The van der Waals surface area contributed by atoms with Crippen molar-refractivity contribution in [1.82, 2.24) is 4.98 Å². The zero-order valence-electron chi connectivity index (χ0n) is 15.3. The lowest BCUT2D eigenvalue weighted by Gasteiger charge is -2.26. The average Bonchev–Trinajstić information content (AvgIpc) is 2.71. The van der Waals surface area contributed by atoms with Crippen molar-refractivity contribution < 1.29 is 19.0 Å². The van der Waals surface area contributed by atoms with Gasteiger partial charge >= 0.3 is 5.97 Å². The van der Waals surface area contributed by atoms with Crippen LogP contribution in [0.2, 0.25) is 0 Å². The van der Waals surface area contributed by atoms with Gasteiger partial charge in [-0.05, 0) is 35.9 Å². The predicted octanol–water partition coefficient (Wildman–Crippen LogP) is 3.95. The molecule has 26 heavy (non-hydrogen) atoms. The van der Waals surface area contributed by atoms with Crippen LogP contribution in [0.3, 0.4) is 0 Å². The van der Waals surface area contributed by atoms with E-state index in [0.29, 0.717) is 11.4 Å². The van der Waals surface area contributed by atoms with E-state index in [9.17, 15) is 4.79 Å². The van der Waals surface area contributed by atoms with Crippen LogP contribution in [0, 0.1) is 0 Å². The molecule has 0 radical (unpaired) electrons. The van der Waals surface area contributed by atoms with E-state index in [0.717, 1.165) is 22.0 Å². The quantitative estimate of drug-likeness (QED) is 0.652. The molecule has 0 aliphatic heterocycles. The van der Waals surface area contributed by atoms with Crippen molar-refractivity contribution in [2.75, 3.05) is 21.3 Å². The number of pyridine rings is 1. The number of aromatic nitrogens is 1. The Morgan fingerprint density at radius 1 is 0.962 bits per heavy atom. The number of rotatable bonds is 5. The summed E-state index contributed by atoms with van der Waals surface area (Å²) in [6.45, 7) is 1.63. The Bertz CT molecular complexity index is 954. The molecule has 0 fully saturated rings. The second kappa shape index (κ2) is 7.14. The monoisotopic (exact) mass is 351 g/mol. The van der Waals surface area contributed by atoms with E-state index in [1.54, 1.807) is 13.0 Å². The maximum Gasteiger partial charge on any atom is 0.342 e. The van der Waals surface area contributed by atoms with Crippen LogP contribution in [-0.4, -0.2) is 32.3 Å². The van der Waals surface area contributed by atoms with Gasteiger partial charge in [0.1, 0.15) is 0 Å². The first-order valence-electron chi connectivity index (χ1n) is 8.21. The minimum Gasteiger partial charge on any atom is -0.481 e. The van der Waals surface area contributed by atoms with Crippen molar-refractivity contribution in [1.29, 1.82) is 0 Å². The van der Waals surface area contributed by atoms with Crippen molar-refractivity contribution in [3.05, 3.63) is 60.2 Å². The number of esters is 1. The summed E-state index contributed by atoms with van der Waals surface area (Å²) >= 11 is 0. The number of carbonyl (C=O) groups is 1. The number of methoxy groups -OCH3 is 3. The van der Waals surface area contributed by atoms with Gasteiger partial charge in [0, 0.05) is 12.7 Å². The van der Waals surface area contributed by atoms with Crippen LogP contribution >= 0.6 is 0 Å². The van der Waals surface area contributed by atoms with E-state index < -0.39 is 11.6 Å². The number of hydrogen-bond donors (Lipinski definition) is 0. The molecule has 0 saturated carbocycles. The first-order chi connectivity index (χ1) is 12.5. The summed E-state index contributed by atoms with van der Waals surface area (Å²) in [5, 5.41) is 2.30. The number of benzene rings is 2. The average molecular weight is 351 g/mol. The normalized spacial score (nSPS) is 13.2. The Hall–Kier alpha value is -2.92. The summed E-state index contributed by atoms with van der Waals surface area (Å²) in [5.74, 6) is -0.191. The molecule has 1 heterocycles. The Kier molecular flexibility index (Phi) is 4.91. The van der Waals surface area contributed by atoms with Gasteiger partial charge < -0.3 is 14.2 Å². The van der Waals surface area contributed by atoms with Crippen molar-refractivity contribution in [3.8, 4) is 17.1 Å². The summed E-state index contributed by atoms with van der Waals surface area (Å²) in [7, 11) is 4.29. The summed E-state index contributed by atoms with van der Waals surface area (Å²) in [4.78, 5) is 16.8. The molecular formula is C21H21NO4. The highest BCUT2D eigenvalue weighted by Crippen LogP contribution is 2.34. The van der Waals surface area contributed by atoms with Crippen LogP contribution in [0.25, 0.3) is 22.0 Å². The lowest BCUT2D eigenvalue weighted by molar-refractivity contribution is -0.165. The molecule has 1 atom stereocenters. The van der Waals surface area contributed by atoms with Crippen molar-refractivity contribution >= 4 is 16.7 Å². The van der Waals surface area contributed by atoms with Gasteiger partial charge in [-0.3, -0.25) is 0 Å². The highest BCUT2D eigenvalue weighted by Gasteiger charge is 2.40. The van der Waals surface area contributed by atoms with E-state index in [2.05, 4.69) is 29.2 Å². The standard InChI is InChI=1S/C21H21NO4/c1-21(26-4,20(23)25-3)17-11-12-18(22-19(17)24-2)16-10-9-14-7-5-6-8-15(14)13-16/h5-13H,1-4H3. The van der Waals surface area contributed by atoms with Gasteiger partial charge in [-0.15, -0.1) is 0 Å². The smallest absolute Gasteiger partial charge is 0.342 e. The summed E-state index contributed by atoms with van der Waals surface area (Å²) in [6, 6.07) is 17.9. The van der Waals surface area contributed by atoms with Gasteiger partial charge in [-0.1, -0.05) is 36.4 Å². The Labute approximate surface area is 152 Å².